The number of fused-ring (bicyclic) bond motifs is 1. The molecule has 2 aromatic carbocycles. The van der Waals surface area contributed by atoms with Crippen molar-refractivity contribution >= 4 is 29.7 Å². The molecule has 3 amide bonds. The molecule has 0 bridgehead atoms. The molecule has 0 saturated carbocycles. The van der Waals surface area contributed by atoms with Crippen LogP contribution in [0.1, 0.15) is 32.7 Å². The van der Waals surface area contributed by atoms with Crippen LogP contribution in [0, 0.1) is 0 Å². The lowest BCUT2D eigenvalue weighted by Gasteiger charge is -2.27. The zero-order valence-electron chi connectivity index (χ0n) is 17.6. The van der Waals surface area contributed by atoms with Crippen LogP contribution in [-0.4, -0.2) is 60.9 Å². The fourth-order valence-electron chi connectivity index (χ4n) is 3.48. The van der Waals surface area contributed by atoms with Crippen molar-refractivity contribution in [1.82, 2.24) is 10.2 Å². The number of ether oxygens (including phenoxy) is 2. The number of carbonyl (C=O) groups is 5. The largest absolute Gasteiger partial charge is 0.469 e. The normalized spacial score (nSPS) is 14.4. The molecular weight excluding hydrogens is 416 g/mol. The first-order valence-corrected chi connectivity index (χ1v) is 9.83. The smallest absolute Gasteiger partial charge is 0.328 e. The topological polar surface area (TPSA) is 119 Å². The zero-order chi connectivity index (χ0) is 23.3. The molecule has 166 valence electrons. The zero-order valence-corrected chi connectivity index (χ0v) is 17.6. The second-order valence-electron chi connectivity index (χ2n) is 7.10. The predicted molar refractivity (Wildman–Crippen MR) is 111 cm³/mol. The number of esters is 2. The van der Waals surface area contributed by atoms with Gasteiger partial charge in [0, 0.05) is 6.42 Å². The van der Waals surface area contributed by atoms with Crippen LogP contribution in [0.25, 0.3) is 0 Å². The molecule has 2 aromatic rings. The van der Waals surface area contributed by atoms with E-state index in [1.165, 1.54) is 12.1 Å². The number of nitrogens with one attached hydrogen (secondary N) is 1. The summed E-state index contributed by atoms with van der Waals surface area (Å²) in [5, 5.41) is 2.44. The lowest BCUT2D eigenvalue weighted by atomic mass is 10.0. The fraction of sp³-hybridized carbons (Fsp3) is 0.261. The summed E-state index contributed by atoms with van der Waals surface area (Å²) in [4.78, 5) is 64.0. The number of hydrogen-bond donors (Lipinski definition) is 1. The Morgan fingerprint density at radius 2 is 1.44 bits per heavy atom. The summed E-state index contributed by atoms with van der Waals surface area (Å²) in [6.07, 6.45) is -0.445. The van der Waals surface area contributed by atoms with Gasteiger partial charge in [-0.25, -0.2) is 4.79 Å². The molecule has 32 heavy (non-hydrogen) atoms. The van der Waals surface area contributed by atoms with Gasteiger partial charge in [-0.3, -0.25) is 24.1 Å². The highest BCUT2D eigenvalue weighted by Crippen LogP contribution is 2.26. The molecule has 3 rings (SSSR count). The highest BCUT2D eigenvalue weighted by molar-refractivity contribution is 6.23. The van der Waals surface area contributed by atoms with Gasteiger partial charge in [0.2, 0.25) is 5.91 Å². The number of imide groups is 1. The standard InChI is InChI=1S/C23H22N2O7/c1-31-19(26)13-17(23(30)32-2)24-20(27)18(12-14-8-4-3-5-9-14)25-21(28)15-10-6-7-11-16(15)22(25)29/h3-11,17-18H,12-13H2,1-2H3,(H,24,27). The first-order chi connectivity index (χ1) is 15.4. The second-order valence-corrected chi connectivity index (χ2v) is 7.10. The molecule has 0 fully saturated rings. The number of benzene rings is 2. The molecule has 1 heterocycles. The SMILES string of the molecule is COC(=O)CC(NC(=O)C(Cc1ccccc1)N1C(=O)c2ccccc2C1=O)C(=O)OC. The summed E-state index contributed by atoms with van der Waals surface area (Å²) in [7, 11) is 2.26. The number of hydrogen-bond acceptors (Lipinski definition) is 7. The molecular formula is C23H22N2O7. The Balaban J connectivity index is 1.93. The van der Waals surface area contributed by atoms with Crippen molar-refractivity contribution in [2.75, 3.05) is 14.2 Å². The number of amides is 3. The lowest BCUT2D eigenvalue weighted by molar-refractivity contribution is -0.151. The van der Waals surface area contributed by atoms with Gasteiger partial charge in [0.1, 0.15) is 12.1 Å². The van der Waals surface area contributed by atoms with Gasteiger partial charge >= 0.3 is 11.9 Å². The van der Waals surface area contributed by atoms with E-state index in [1.807, 2.05) is 0 Å². The Morgan fingerprint density at radius 1 is 0.875 bits per heavy atom. The average molecular weight is 438 g/mol. The summed E-state index contributed by atoms with van der Waals surface area (Å²) in [5.41, 5.74) is 1.09. The molecule has 9 nitrogen and oxygen atoms in total. The van der Waals surface area contributed by atoms with Crippen molar-refractivity contribution in [2.45, 2.75) is 24.9 Å². The van der Waals surface area contributed by atoms with Crippen LogP contribution in [-0.2, 0) is 30.3 Å². The highest BCUT2D eigenvalue weighted by Gasteiger charge is 2.43. The molecule has 0 aromatic heterocycles. The van der Waals surface area contributed by atoms with E-state index in [1.54, 1.807) is 42.5 Å². The van der Waals surface area contributed by atoms with E-state index in [4.69, 9.17) is 0 Å². The summed E-state index contributed by atoms with van der Waals surface area (Å²) < 4.78 is 9.24. The van der Waals surface area contributed by atoms with Crippen LogP contribution in [0.5, 0.6) is 0 Å². The Kier molecular flexibility index (Phi) is 6.99. The molecule has 0 spiro atoms. The van der Waals surface area contributed by atoms with Crippen LogP contribution in [0.15, 0.2) is 54.6 Å². The van der Waals surface area contributed by atoms with Crippen LogP contribution in [0.2, 0.25) is 0 Å². The van der Waals surface area contributed by atoms with Crippen molar-refractivity contribution in [1.29, 1.82) is 0 Å². The quantitative estimate of drug-likeness (QED) is 0.484. The summed E-state index contributed by atoms with van der Waals surface area (Å²) in [6, 6.07) is 12.5. The molecule has 2 unspecified atom stereocenters. The molecule has 0 radical (unpaired) electrons. The van der Waals surface area contributed by atoms with E-state index < -0.39 is 48.2 Å². The van der Waals surface area contributed by atoms with E-state index in [-0.39, 0.29) is 17.5 Å². The monoisotopic (exact) mass is 438 g/mol. The van der Waals surface area contributed by atoms with Gasteiger partial charge in [0.05, 0.1) is 31.8 Å². The third-order valence-electron chi connectivity index (χ3n) is 5.11. The first kappa shape index (κ1) is 22.7. The van der Waals surface area contributed by atoms with E-state index in [0.29, 0.717) is 5.56 Å². The third-order valence-corrected chi connectivity index (χ3v) is 5.11. The second kappa shape index (κ2) is 9.86. The Hall–Kier alpha value is -4.01. The van der Waals surface area contributed by atoms with Crippen LogP contribution >= 0.6 is 0 Å². The molecule has 2 atom stereocenters. The van der Waals surface area contributed by atoms with Crippen molar-refractivity contribution in [3.8, 4) is 0 Å². The molecule has 1 aliphatic heterocycles. The maximum Gasteiger partial charge on any atom is 0.328 e. The van der Waals surface area contributed by atoms with Crippen molar-refractivity contribution in [3.05, 3.63) is 71.3 Å². The van der Waals surface area contributed by atoms with Gasteiger partial charge in [-0.05, 0) is 17.7 Å². The highest BCUT2D eigenvalue weighted by atomic mass is 16.5. The predicted octanol–water partition coefficient (Wildman–Crippen LogP) is 1.11. The Bertz CT molecular complexity index is 1020. The van der Waals surface area contributed by atoms with Crippen LogP contribution in [0.4, 0.5) is 0 Å². The number of rotatable bonds is 8. The lowest BCUT2D eigenvalue weighted by Crippen LogP contribution is -2.54. The Morgan fingerprint density at radius 3 is 1.97 bits per heavy atom. The number of nitrogens with zero attached hydrogens (tertiary/aromatic N) is 1. The maximum absolute atomic E-state index is 13.3. The van der Waals surface area contributed by atoms with Crippen LogP contribution in [0.3, 0.4) is 0 Å². The summed E-state index contributed by atoms with van der Waals surface area (Å²) >= 11 is 0. The van der Waals surface area contributed by atoms with Crippen molar-refractivity contribution in [3.63, 3.8) is 0 Å². The molecule has 0 saturated heterocycles. The van der Waals surface area contributed by atoms with E-state index in [9.17, 15) is 24.0 Å². The van der Waals surface area contributed by atoms with Gasteiger partial charge in [0.15, 0.2) is 0 Å². The number of methoxy groups -OCH3 is 2. The minimum absolute atomic E-state index is 0.0181. The molecule has 0 aliphatic carbocycles. The molecule has 1 N–H and O–H groups in total. The van der Waals surface area contributed by atoms with E-state index in [0.717, 1.165) is 19.1 Å². The maximum atomic E-state index is 13.3. The fourth-order valence-corrected chi connectivity index (χ4v) is 3.48. The number of carbonyl (C=O) groups excluding carboxylic acids is 5. The van der Waals surface area contributed by atoms with E-state index in [2.05, 4.69) is 14.8 Å². The third kappa shape index (κ3) is 4.66. The van der Waals surface area contributed by atoms with Gasteiger partial charge in [-0.2, -0.15) is 0 Å². The average Bonchev–Trinajstić information content (AvgIpc) is 3.07. The first-order valence-electron chi connectivity index (χ1n) is 9.83. The summed E-state index contributed by atoms with van der Waals surface area (Å²) in [5.74, 6) is -3.58. The van der Waals surface area contributed by atoms with Gasteiger partial charge in [0.25, 0.3) is 11.8 Å². The van der Waals surface area contributed by atoms with Crippen molar-refractivity contribution < 1.29 is 33.4 Å². The Labute approximate surface area is 184 Å². The van der Waals surface area contributed by atoms with Gasteiger partial charge < -0.3 is 14.8 Å². The summed E-state index contributed by atoms with van der Waals surface area (Å²) in [6.45, 7) is 0. The van der Waals surface area contributed by atoms with Crippen molar-refractivity contribution in [2.24, 2.45) is 0 Å². The van der Waals surface area contributed by atoms with Gasteiger partial charge in [-0.15, -0.1) is 0 Å². The minimum Gasteiger partial charge on any atom is -0.469 e. The molecule has 9 heteroatoms. The van der Waals surface area contributed by atoms with Gasteiger partial charge in [-0.1, -0.05) is 42.5 Å². The van der Waals surface area contributed by atoms with Crippen LogP contribution < -0.4 is 5.32 Å². The minimum atomic E-state index is -1.34. The molecule has 1 aliphatic rings. The van der Waals surface area contributed by atoms with E-state index >= 15 is 0 Å².